The van der Waals surface area contributed by atoms with Gasteiger partial charge in [0.25, 0.3) is 11.5 Å². The van der Waals surface area contributed by atoms with Crippen molar-refractivity contribution in [2.75, 3.05) is 32.1 Å². The van der Waals surface area contributed by atoms with E-state index in [0.29, 0.717) is 38.2 Å². The van der Waals surface area contributed by atoms with Crippen molar-refractivity contribution in [2.45, 2.75) is 42.0 Å². The van der Waals surface area contributed by atoms with E-state index in [1.165, 1.54) is 16.7 Å². The number of fused-ring (bicyclic) bond motifs is 1. The third kappa shape index (κ3) is 5.07. The van der Waals surface area contributed by atoms with E-state index < -0.39 is 26.7 Å². The SMILES string of the molecule is N#CC1(c2ccccn2)CCN(CS(=O)(=O)c2cc(C(=O)NC3CCCNC3)c(=O)n3ccccc23)CC1. The summed E-state index contributed by atoms with van der Waals surface area (Å²) in [4.78, 5) is 32.4. The van der Waals surface area contributed by atoms with Crippen LogP contribution < -0.4 is 16.2 Å². The lowest BCUT2D eigenvalue weighted by atomic mass is 9.77. The minimum absolute atomic E-state index is 0.0635. The summed E-state index contributed by atoms with van der Waals surface area (Å²) in [5.41, 5.74) is -0.594. The standard InChI is InChI=1S/C27H30N6O4S/c28-18-27(24-8-1-3-12-30-24)9-14-32(15-10-27)19-38(36,37)23-16-21(25(34)31-20-6-5-11-29-17-20)26(35)33-13-4-2-7-22(23)33/h1-4,7-8,12-13,16,20,29H,5-6,9-11,14-15,17,19H2,(H,31,34). The van der Waals surface area contributed by atoms with E-state index >= 15 is 0 Å². The molecule has 198 valence electrons. The van der Waals surface area contributed by atoms with Gasteiger partial charge in [0.2, 0.25) is 0 Å². The molecule has 2 fully saturated rings. The first-order chi connectivity index (χ1) is 18.3. The molecular weight excluding hydrogens is 504 g/mol. The molecule has 2 aliphatic heterocycles. The second kappa shape index (κ2) is 10.6. The molecule has 1 atom stereocenters. The fraction of sp³-hybridized carbons (Fsp3) is 0.407. The second-order valence-corrected chi connectivity index (χ2v) is 11.9. The lowest BCUT2D eigenvalue weighted by Crippen LogP contribution is -2.47. The van der Waals surface area contributed by atoms with Gasteiger partial charge in [-0.15, -0.1) is 0 Å². The zero-order valence-corrected chi connectivity index (χ0v) is 21.8. The van der Waals surface area contributed by atoms with E-state index in [0.717, 1.165) is 19.4 Å². The van der Waals surface area contributed by atoms with Gasteiger partial charge in [-0.25, -0.2) is 8.42 Å². The van der Waals surface area contributed by atoms with Gasteiger partial charge >= 0.3 is 0 Å². The predicted molar refractivity (Wildman–Crippen MR) is 141 cm³/mol. The number of nitriles is 1. The van der Waals surface area contributed by atoms with Gasteiger partial charge in [0, 0.05) is 38.1 Å². The Bertz CT molecular complexity index is 1530. The number of amides is 1. The van der Waals surface area contributed by atoms with Crippen molar-refractivity contribution in [1.29, 1.82) is 5.26 Å². The number of carbonyl (C=O) groups is 1. The van der Waals surface area contributed by atoms with Crippen molar-refractivity contribution >= 4 is 21.3 Å². The van der Waals surface area contributed by atoms with Gasteiger partial charge < -0.3 is 10.6 Å². The highest BCUT2D eigenvalue weighted by atomic mass is 32.2. The molecule has 2 aliphatic rings. The summed E-state index contributed by atoms with van der Waals surface area (Å²) in [6, 6.07) is 13.8. The smallest absolute Gasteiger partial charge is 0.268 e. The van der Waals surface area contributed by atoms with Crippen LogP contribution in [0.5, 0.6) is 0 Å². The fourth-order valence-corrected chi connectivity index (χ4v) is 6.97. The summed E-state index contributed by atoms with van der Waals surface area (Å²) >= 11 is 0. The van der Waals surface area contributed by atoms with Gasteiger partial charge in [-0.3, -0.25) is 23.9 Å². The normalized spacial score (nSPS) is 20.0. The minimum atomic E-state index is -3.93. The third-order valence-corrected chi connectivity index (χ3v) is 9.18. The maximum atomic E-state index is 13.7. The number of pyridine rings is 3. The van der Waals surface area contributed by atoms with Gasteiger partial charge in [-0.05, 0) is 62.6 Å². The molecule has 2 N–H and O–H groups in total. The molecule has 0 aliphatic carbocycles. The molecule has 0 radical (unpaired) electrons. The maximum absolute atomic E-state index is 13.7. The lowest BCUT2D eigenvalue weighted by Gasteiger charge is -2.36. The van der Waals surface area contributed by atoms with E-state index in [-0.39, 0.29) is 27.9 Å². The number of piperidine rings is 2. The Labute approximate surface area is 221 Å². The molecule has 5 heterocycles. The molecule has 0 bridgehead atoms. The number of aromatic nitrogens is 2. The number of hydrogen-bond donors (Lipinski definition) is 2. The number of rotatable bonds is 6. The minimum Gasteiger partial charge on any atom is -0.348 e. The van der Waals surface area contributed by atoms with Crippen LogP contribution in [0.1, 0.15) is 41.7 Å². The molecule has 3 aromatic rings. The van der Waals surface area contributed by atoms with E-state index in [4.69, 9.17) is 0 Å². The first-order valence-corrected chi connectivity index (χ1v) is 14.4. The summed E-state index contributed by atoms with van der Waals surface area (Å²) in [5, 5.41) is 16.0. The van der Waals surface area contributed by atoms with Gasteiger partial charge in [0.1, 0.15) is 16.9 Å². The summed E-state index contributed by atoms with van der Waals surface area (Å²) in [7, 11) is -3.93. The van der Waals surface area contributed by atoms with Crippen LogP contribution in [0.3, 0.4) is 0 Å². The molecule has 38 heavy (non-hydrogen) atoms. The summed E-state index contributed by atoms with van der Waals surface area (Å²) < 4.78 is 28.7. The Morgan fingerprint density at radius 2 is 2.00 bits per heavy atom. The Hall–Kier alpha value is -3.59. The zero-order chi connectivity index (χ0) is 26.8. The largest absolute Gasteiger partial charge is 0.348 e. The molecule has 10 nitrogen and oxygen atoms in total. The molecule has 3 aromatic heterocycles. The van der Waals surface area contributed by atoms with E-state index in [2.05, 4.69) is 21.7 Å². The van der Waals surface area contributed by atoms with Gasteiger partial charge in [-0.1, -0.05) is 12.1 Å². The van der Waals surface area contributed by atoms with Crippen molar-refractivity contribution in [2.24, 2.45) is 0 Å². The molecule has 0 spiro atoms. The van der Waals surface area contributed by atoms with Crippen LogP contribution in [0.2, 0.25) is 0 Å². The summed E-state index contributed by atoms with van der Waals surface area (Å²) in [6.07, 6.45) is 5.74. The van der Waals surface area contributed by atoms with Crippen LogP contribution in [-0.2, 0) is 15.3 Å². The number of sulfone groups is 1. The van der Waals surface area contributed by atoms with Crippen molar-refractivity contribution in [3.63, 3.8) is 0 Å². The van der Waals surface area contributed by atoms with Crippen molar-refractivity contribution in [3.05, 3.63) is 76.5 Å². The van der Waals surface area contributed by atoms with E-state index in [9.17, 15) is 23.3 Å². The van der Waals surface area contributed by atoms with Crippen LogP contribution in [0, 0.1) is 11.3 Å². The van der Waals surface area contributed by atoms with Crippen LogP contribution in [0.4, 0.5) is 0 Å². The third-order valence-electron chi connectivity index (χ3n) is 7.48. The van der Waals surface area contributed by atoms with Crippen molar-refractivity contribution in [3.8, 4) is 6.07 Å². The molecule has 1 amide bonds. The quantitative estimate of drug-likeness (QED) is 0.485. The molecule has 1 unspecified atom stereocenters. The highest BCUT2D eigenvalue weighted by Gasteiger charge is 2.39. The van der Waals surface area contributed by atoms with Gasteiger partial charge in [0.05, 0.1) is 22.2 Å². The number of carbonyl (C=O) groups excluding carboxylic acids is 1. The number of hydrogen-bond acceptors (Lipinski definition) is 8. The van der Waals surface area contributed by atoms with Crippen LogP contribution in [0.15, 0.2) is 64.5 Å². The highest BCUT2D eigenvalue weighted by Crippen LogP contribution is 2.34. The number of nitrogens with one attached hydrogen (secondary N) is 2. The van der Waals surface area contributed by atoms with Crippen molar-refractivity contribution in [1.82, 2.24) is 24.9 Å². The monoisotopic (exact) mass is 534 g/mol. The first-order valence-electron chi connectivity index (χ1n) is 12.8. The number of likely N-dealkylation sites (tertiary alicyclic amines) is 1. The van der Waals surface area contributed by atoms with Gasteiger partial charge in [0.15, 0.2) is 9.84 Å². The number of nitrogens with zero attached hydrogens (tertiary/aromatic N) is 4. The maximum Gasteiger partial charge on any atom is 0.268 e. The Morgan fingerprint density at radius 1 is 1.21 bits per heavy atom. The Morgan fingerprint density at radius 3 is 2.68 bits per heavy atom. The Kier molecular flexibility index (Phi) is 7.29. The molecule has 0 saturated carbocycles. The average Bonchev–Trinajstić information content (AvgIpc) is 2.94. The average molecular weight is 535 g/mol. The Balaban J connectivity index is 1.41. The first kappa shape index (κ1) is 26.0. The summed E-state index contributed by atoms with van der Waals surface area (Å²) in [6.45, 7) is 2.27. The molecule has 11 heteroatoms. The van der Waals surface area contributed by atoms with Crippen LogP contribution in [0.25, 0.3) is 5.52 Å². The van der Waals surface area contributed by atoms with Crippen LogP contribution >= 0.6 is 0 Å². The molecule has 0 aromatic carbocycles. The highest BCUT2D eigenvalue weighted by molar-refractivity contribution is 7.91. The molecule has 2 saturated heterocycles. The zero-order valence-electron chi connectivity index (χ0n) is 21.0. The second-order valence-electron chi connectivity index (χ2n) is 9.97. The predicted octanol–water partition coefficient (Wildman–Crippen LogP) is 1.46. The van der Waals surface area contributed by atoms with E-state index in [1.54, 1.807) is 35.4 Å². The fourth-order valence-electron chi connectivity index (χ4n) is 5.31. The molecule has 5 rings (SSSR count). The molecular formula is C27H30N6O4S. The summed E-state index contributed by atoms with van der Waals surface area (Å²) in [5.74, 6) is -0.863. The topological polar surface area (TPSA) is 137 Å². The van der Waals surface area contributed by atoms with Crippen molar-refractivity contribution < 1.29 is 13.2 Å². The van der Waals surface area contributed by atoms with Gasteiger partial charge in [-0.2, -0.15) is 5.26 Å². The lowest BCUT2D eigenvalue weighted by molar-refractivity contribution is 0.0928. The van der Waals surface area contributed by atoms with E-state index in [1.807, 2.05) is 12.1 Å². The van der Waals surface area contributed by atoms with Crippen LogP contribution in [-0.4, -0.2) is 66.7 Å².